The molecule has 82 valence electrons. The first-order valence-electron chi connectivity index (χ1n) is 5.39. The van der Waals surface area contributed by atoms with Crippen molar-refractivity contribution in [3.8, 4) is 0 Å². The summed E-state index contributed by atoms with van der Waals surface area (Å²) in [4.78, 5) is 8.07. The quantitative estimate of drug-likeness (QED) is 0.804. The van der Waals surface area contributed by atoms with Crippen LogP contribution in [0.15, 0.2) is 18.6 Å². The van der Waals surface area contributed by atoms with Crippen molar-refractivity contribution in [2.24, 2.45) is 0 Å². The molecule has 1 N–H and O–H groups in total. The highest BCUT2D eigenvalue weighted by Gasteiger charge is 2.23. The van der Waals surface area contributed by atoms with Crippen LogP contribution in [0.5, 0.6) is 0 Å². The first kappa shape index (κ1) is 10.5. The molecule has 0 aromatic carbocycles. The molecule has 15 heavy (non-hydrogen) atoms. The van der Waals surface area contributed by atoms with Crippen molar-refractivity contribution in [1.29, 1.82) is 0 Å². The van der Waals surface area contributed by atoms with Crippen molar-refractivity contribution >= 4 is 0 Å². The van der Waals surface area contributed by atoms with Gasteiger partial charge >= 0.3 is 0 Å². The molecule has 2 atom stereocenters. The molecular formula is C11H17N3O. The molecule has 1 fully saturated rings. The van der Waals surface area contributed by atoms with E-state index >= 15 is 0 Å². The van der Waals surface area contributed by atoms with Gasteiger partial charge in [-0.25, -0.2) is 9.97 Å². The summed E-state index contributed by atoms with van der Waals surface area (Å²) in [6.45, 7) is 0.823. The average molecular weight is 207 g/mol. The van der Waals surface area contributed by atoms with Crippen molar-refractivity contribution in [3.05, 3.63) is 24.3 Å². The zero-order chi connectivity index (χ0) is 10.5. The molecule has 1 heterocycles. The van der Waals surface area contributed by atoms with E-state index in [-0.39, 0.29) is 0 Å². The highest BCUT2D eigenvalue weighted by atomic mass is 16.5. The molecule has 2 rings (SSSR count). The number of methoxy groups -OCH3 is 1. The van der Waals surface area contributed by atoms with Gasteiger partial charge in [0.05, 0.1) is 11.8 Å². The third kappa shape index (κ3) is 2.97. The summed E-state index contributed by atoms with van der Waals surface area (Å²) in [5.41, 5.74) is 1.05. The SMILES string of the molecule is COC1CCC(NCc2ccncn2)C1. The first-order valence-corrected chi connectivity index (χ1v) is 5.39. The van der Waals surface area contributed by atoms with E-state index in [1.807, 2.05) is 6.07 Å². The molecule has 1 aliphatic carbocycles. The molecule has 2 unspecified atom stereocenters. The van der Waals surface area contributed by atoms with E-state index in [2.05, 4.69) is 15.3 Å². The summed E-state index contributed by atoms with van der Waals surface area (Å²) in [5, 5.41) is 3.49. The second kappa shape index (κ2) is 5.19. The van der Waals surface area contributed by atoms with Crippen molar-refractivity contribution in [1.82, 2.24) is 15.3 Å². The number of nitrogens with zero attached hydrogens (tertiary/aromatic N) is 2. The molecule has 1 aromatic heterocycles. The first-order chi connectivity index (χ1) is 7.38. The maximum absolute atomic E-state index is 5.33. The van der Waals surface area contributed by atoms with Crippen LogP contribution in [0, 0.1) is 0 Å². The van der Waals surface area contributed by atoms with Gasteiger partial charge in [0.25, 0.3) is 0 Å². The second-order valence-corrected chi connectivity index (χ2v) is 3.95. The Morgan fingerprint density at radius 1 is 1.53 bits per heavy atom. The minimum Gasteiger partial charge on any atom is -0.381 e. The Kier molecular flexibility index (Phi) is 3.64. The van der Waals surface area contributed by atoms with E-state index in [9.17, 15) is 0 Å². The number of nitrogens with one attached hydrogen (secondary N) is 1. The summed E-state index contributed by atoms with van der Waals surface area (Å²) in [6.07, 6.45) is 7.27. The topological polar surface area (TPSA) is 47.0 Å². The fourth-order valence-corrected chi connectivity index (χ4v) is 2.01. The van der Waals surface area contributed by atoms with E-state index in [0.717, 1.165) is 25.1 Å². The molecular weight excluding hydrogens is 190 g/mol. The zero-order valence-corrected chi connectivity index (χ0v) is 9.02. The van der Waals surface area contributed by atoms with E-state index < -0.39 is 0 Å². The molecule has 1 aromatic rings. The fourth-order valence-electron chi connectivity index (χ4n) is 2.01. The maximum Gasteiger partial charge on any atom is 0.115 e. The standard InChI is InChI=1S/C11H17N3O/c1-15-11-3-2-9(6-11)13-7-10-4-5-12-8-14-10/h4-5,8-9,11,13H,2-3,6-7H2,1H3. The van der Waals surface area contributed by atoms with E-state index in [1.165, 1.54) is 6.42 Å². The maximum atomic E-state index is 5.33. The van der Waals surface area contributed by atoms with Gasteiger partial charge < -0.3 is 10.1 Å². The van der Waals surface area contributed by atoms with Crippen molar-refractivity contribution in [2.45, 2.75) is 38.0 Å². The molecule has 0 aliphatic heterocycles. The third-order valence-corrected chi connectivity index (χ3v) is 2.93. The summed E-state index contributed by atoms with van der Waals surface area (Å²) in [5.74, 6) is 0. The summed E-state index contributed by atoms with van der Waals surface area (Å²) >= 11 is 0. The fraction of sp³-hybridized carbons (Fsp3) is 0.636. The Labute approximate surface area is 90.1 Å². The van der Waals surface area contributed by atoms with Crippen molar-refractivity contribution in [2.75, 3.05) is 7.11 Å². The Bertz CT molecular complexity index is 291. The Morgan fingerprint density at radius 2 is 2.47 bits per heavy atom. The minimum atomic E-state index is 0.438. The average Bonchev–Trinajstić information content (AvgIpc) is 2.76. The predicted molar refractivity (Wildman–Crippen MR) is 57.3 cm³/mol. The van der Waals surface area contributed by atoms with E-state index in [4.69, 9.17) is 4.74 Å². The zero-order valence-electron chi connectivity index (χ0n) is 9.02. The van der Waals surface area contributed by atoms with E-state index in [0.29, 0.717) is 12.1 Å². The van der Waals surface area contributed by atoms with Gasteiger partial charge in [0.2, 0.25) is 0 Å². The Balaban J connectivity index is 1.75. The lowest BCUT2D eigenvalue weighted by atomic mass is 10.2. The van der Waals surface area contributed by atoms with Gasteiger partial charge in [-0.2, -0.15) is 0 Å². The van der Waals surface area contributed by atoms with Crippen molar-refractivity contribution < 1.29 is 4.74 Å². The molecule has 0 radical (unpaired) electrons. The number of ether oxygens (including phenoxy) is 1. The molecule has 0 spiro atoms. The lowest BCUT2D eigenvalue weighted by Crippen LogP contribution is -2.27. The Hall–Kier alpha value is -1.00. The number of rotatable bonds is 4. The summed E-state index contributed by atoms with van der Waals surface area (Å²) in [7, 11) is 1.79. The van der Waals surface area contributed by atoms with Gasteiger partial charge in [0.1, 0.15) is 6.33 Å². The van der Waals surface area contributed by atoms with Crippen molar-refractivity contribution in [3.63, 3.8) is 0 Å². The molecule has 1 aliphatic rings. The third-order valence-electron chi connectivity index (χ3n) is 2.93. The Morgan fingerprint density at radius 3 is 3.13 bits per heavy atom. The van der Waals surface area contributed by atoms with E-state index in [1.54, 1.807) is 19.6 Å². The molecule has 4 nitrogen and oxygen atoms in total. The van der Waals surface area contributed by atoms with Gasteiger partial charge in [-0.1, -0.05) is 0 Å². The number of hydrogen-bond donors (Lipinski definition) is 1. The molecule has 0 amide bonds. The monoisotopic (exact) mass is 207 g/mol. The van der Waals surface area contributed by atoms with Crippen LogP contribution in [0.4, 0.5) is 0 Å². The van der Waals surface area contributed by atoms with Gasteiger partial charge in [-0.05, 0) is 25.3 Å². The molecule has 1 saturated carbocycles. The predicted octanol–water partition coefficient (Wildman–Crippen LogP) is 1.13. The summed E-state index contributed by atoms with van der Waals surface area (Å²) < 4.78 is 5.33. The van der Waals surface area contributed by atoms with Gasteiger partial charge in [-0.15, -0.1) is 0 Å². The second-order valence-electron chi connectivity index (χ2n) is 3.95. The van der Waals surface area contributed by atoms with Crippen LogP contribution in [0.3, 0.4) is 0 Å². The smallest absolute Gasteiger partial charge is 0.115 e. The molecule has 4 heteroatoms. The van der Waals surface area contributed by atoms with Gasteiger partial charge in [0.15, 0.2) is 0 Å². The van der Waals surface area contributed by atoms with Crippen LogP contribution in [0.25, 0.3) is 0 Å². The highest BCUT2D eigenvalue weighted by Crippen LogP contribution is 2.21. The van der Waals surface area contributed by atoms with Gasteiger partial charge in [0, 0.05) is 25.9 Å². The van der Waals surface area contributed by atoms with Crippen LogP contribution in [-0.2, 0) is 11.3 Å². The summed E-state index contributed by atoms with van der Waals surface area (Å²) in [6, 6.07) is 2.51. The normalized spacial score (nSPS) is 25.7. The molecule has 0 saturated heterocycles. The minimum absolute atomic E-state index is 0.438. The van der Waals surface area contributed by atoms with Gasteiger partial charge in [-0.3, -0.25) is 0 Å². The van der Waals surface area contributed by atoms with Crippen LogP contribution in [-0.4, -0.2) is 29.2 Å². The van der Waals surface area contributed by atoms with Crippen LogP contribution < -0.4 is 5.32 Å². The van der Waals surface area contributed by atoms with Crippen LogP contribution >= 0.6 is 0 Å². The molecule has 0 bridgehead atoms. The van der Waals surface area contributed by atoms with Crippen LogP contribution in [0.1, 0.15) is 25.0 Å². The largest absolute Gasteiger partial charge is 0.381 e. The van der Waals surface area contributed by atoms with Crippen LogP contribution in [0.2, 0.25) is 0 Å². The lowest BCUT2D eigenvalue weighted by molar-refractivity contribution is 0.107. The lowest BCUT2D eigenvalue weighted by Gasteiger charge is -2.12. The number of aromatic nitrogens is 2. The number of hydrogen-bond acceptors (Lipinski definition) is 4. The highest BCUT2D eigenvalue weighted by molar-refractivity contribution is 4.97.